The number of amides is 2. The number of rotatable bonds is 2. The van der Waals surface area contributed by atoms with E-state index in [0.29, 0.717) is 0 Å². The maximum atomic E-state index is 11.9. The summed E-state index contributed by atoms with van der Waals surface area (Å²) in [7, 11) is 1.29. The summed E-state index contributed by atoms with van der Waals surface area (Å²) in [4.78, 5) is 33.9. The molecule has 0 aliphatic rings. The molecule has 0 aliphatic carbocycles. The van der Waals surface area contributed by atoms with Gasteiger partial charge in [-0.1, -0.05) is 6.07 Å². The summed E-state index contributed by atoms with van der Waals surface area (Å²) in [5.74, 6) is -1.14. The number of benzene rings is 1. The van der Waals surface area contributed by atoms with Gasteiger partial charge in [0, 0.05) is 20.0 Å². The number of aryl methyl sites for hydroxylation is 1. The summed E-state index contributed by atoms with van der Waals surface area (Å²) in [6.07, 6.45) is 0. The molecule has 17 heavy (non-hydrogen) atoms. The van der Waals surface area contributed by atoms with Gasteiger partial charge in [0.15, 0.2) is 0 Å². The molecule has 1 rings (SSSR count). The van der Waals surface area contributed by atoms with Crippen LogP contribution in [0.25, 0.3) is 0 Å². The molecule has 1 aromatic carbocycles. The molecule has 6 heteroatoms. The van der Waals surface area contributed by atoms with Crippen LogP contribution in [0.5, 0.6) is 0 Å². The average molecular weight is 236 g/mol. The van der Waals surface area contributed by atoms with Crippen molar-refractivity contribution in [1.29, 1.82) is 0 Å². The Morgan fingerprint density at radius 2 is 1.94 bits per heavy atom. The van der Waals surface area contributed by atoms with Gasteiger partial charge >= 0.3 is 0 Å². The quantitative estimate of drug-likeness (QED) is 0.576. The monoisotopic (exact) mass is 236 g/mol. The molecular formula is C11H12N2O4. The third-order valence-electron chi connectivity index (χ3n) is 2.36. The van der Waals surface area contributed by atoms with Gasteiger partial charge in [0.1, 0.15) is 5.56 Å². The molecule has 0 radical (unpaired) electrons. The lowest BCUT2D eigenvalue weighted by Gasteiger charge is -2.13. The maximum Gasteiger partial charge on any atom is 0.282 e. The minimum absolute atomic E-state index is 0.0762. The highest BCUT2D eigenvalue weighted by Crippen LogP contribution is 2.21. The number of nitrogens with zero attached hydrogens (tertiary/aromatic N) is 2. The molecule has 0 aliphatic heterocycles. The number of carbonyl (C=O) groups excluding carboxylic acids is 2. The van der Waals surface area contributed by atoms with Crippen molar-refractivity contribution in [3.63, 3.8) is 0 Å². The third-order valence-corrected chi connectivity index (χ3v) is 2.36. The second kappa shape index (κ2) is 4.73. The van der Waals surface area contributed by atoms with Crippen LogP contribution < -0.4 is 0 Å². The van der Waals surface area contributed by atoms with Crippen molar-refractivity contribution >= 4 is 17.5 Å². The van der Waals surface area contributed by atoms with Gasteiger partial charge in [-0.3, -0.25) is 24.6 Å². The molecule has 0 fully saturated rings. The molecule has 0 saturated heterocycles. The maximum absolute atomic E-state index is 11.9. The van der Waals surface area contributed by atoms with E-state index in [1.165, 1.54) is 26.1 Å². The van der Waals surface area contributed by atoms with Gasteiger partial charge in [0.05, 0.1) is 4.92 Å². The second-order valence-corrected chi connectivity index (χ2v) is 3.66. The fraction of sp³-hybridized carbons (Fsp3) is 0.273. The minimum Gasteiger partial charge on any atom is -0.282 e. The van der Waals surface area contributed by atoms with Crippen LogP contribution in [-0.2, 0) is 4.79 Å². The predicted molar refractivity (Wildman–Crippen MR) is 60.6 cm³/mol. The molecule has 0 unspecified atom stereocenters. The molecule has 90 valence electrons. The molecular weight excluding hydrogens is 224 g/mol. The van der Waals surface area contributed by atoms with Gasteiger partial charge in [-0.05, 0) is 18.6 Å². The normalized spacial score (nSPS) is 9.82. The molecule has 0 aromatic heterocycles. The van der Waals surface area contributed by atoms with Crippen molar-refractivity contribution in [2.24, 2.45) is 0 Å². The molecule has 1 aromatic rings. The first-order valence-electron chi connectivity index (χ1n) is 4.88. The Morgan fingerprint density at radius 3 is 2.41 bits per heavy atom. The number of carbonyl (C=O) groups is 2. The van der Waals surface area contributed by atoms with E-state index in [2.05, 4.69) is 0 Å². The van der Waals surface area contributed by atoms with Crippen LogP contribution in [0.2, 0.25) is 0 Å². The van der Waals surface area contributed by atoms with E-state index in [0.717, 1.165) is 10.5 Å². The van der Waals surface area contributed by atoms with Crippen LogP contribution in [-0.4, -0.2) is 28.7 Å². The Balaban J connectivity index is 3.29. The Morgan fingerprint density at radius 1 is 1.35 bits per heavy atom. The molecule has 0 spiro atoms. The van der Waals surface area contributed by atoms with Gasteiger partial charge in [-0.15, -0.1) is 0 Å². The van der Waals surface area contributed by atoms with Crippen LogP contribution in [0.1, 0.15) is 22.8 Å². The second-order valence-electron chi connectivity index (χ2n) is 3.66. The van der Waals surface area contributed by atoms with Gasteiger partial charge in [0.25, 0.3) is 11.6 Å². The Bertz CT molecular complexity index is 496. The zero-order valence-electron chi connectivity index (χ0n) is 9.76. The fourth-order valence-electron chi connectivity index (χ4n) is 1.30. The van der Waals surface area contributed by atoms with E-state index < -0.39 is 16.7 Å². The first-order chi connectivity index (χ1) is 7.84. The van der Waals surface area contributed by atoms with Gasteiger partial charge < -0.3 is 0 Å². The Kier molecular flexibility index (Phi) is 3.57. The highest BCUT2D eigenvalue weighted by atomic mass is 16.6. The average Bonchev–Trinajstić information content (AvgIpc) is 2.26. The highest BCUT2D eigenvalue weighted by molar-refractivity contribution is 6.06. The van der Waals surface area contributed by atoms with Crippen molar-refractivity contribution in [3.05, 3.63) is 39.4 Å². The van der Waals surface area contributed by atoms with E-state index in [9.17, 15) is 19.7 Å². The lowest BCUT2D eigenvalue weighted by Crippen LogP contribution is -2.31. The van der Waals surface area contributed by atoms with E-state index in [-0.39, 0.29) is 11.3 Å². The van der Waals surface area contributed by atoms with Crippen LogP contribution in [0, 0.1) is 17.0 Å². The SMILES string of the molecule is CC(=O)N(C)C(=O)c1cc(C)ccc1[N+](=O)[O-]. The van der Waals surface area contributed by atoms with Crippen molar-refractivity contribution in [3.8, 4) is 0 Å². The summed E-state index contributed by atoms with van der Waals surface area (Å²) in [6.45, 7) is 2.94. The lowest BCUT2D eigenvalue weighted by atomic mass is 10.1. The van der Waals surface area contributed by atoms with Crippen molar-refractivity contribution in [1.82, 2.24) is 4.90 Å². The molecule has 0 bridgehead atoms. The van der Waals surface area contributed by atoms with Crippen LogP contribution >= 0.6 is 0 Å². The Labute approximate surface area is 98.0 Å². The number of imide groups is 1. The first-order valence-corrected chi connectivity index (χ1v) is 4.88. The number of hydrogen-bond donors (Lipinski definition) is 0. The summed E-state index contributed by atoms with van der Waals surface area (Å²) in [6, 6.07) is 4.21. The molecule has 2 amide bonds. The molecule has 0 heterocycles. The van der Waals surface area contributed by atoms with Crippen LogP contribution in [0.3, 0.4) is 0 Å². The first kappa shape index (κ1) is 12.8. The summed E-state index contributed by atoms with van der Waals surface area (Å²) in [5.41, 5.74) is 0.345. The number of nitro benzene ring substituents is 1. The van der Waals surface area contributed by atoms with Crippen molar-refractivity contribution in [2.75, 3.05) is 7.05 Å². The van der Waals surface area contributed by atoms with E-state index in [1.807, 2.05) is 0 Å². The standard InChI is InChI=1S/C11H12N2O4/c1-7-4-5-10(13(16)17)9(6-7)11(15)12(3)8(2)14/h4-6H,1-3H3. The van der Waals surface area contributed by atoms with Gasteiger partial charge in [-0.2, -0.15) is 0 Å². The number of hydrogen-bond acceptors (Lipinski definition) is 4. The van der Waals surface area contributed by atoms with Crippen molar-refractivity contribution in [2.45, 2.75) is 13.8 Å². The molecule has 0 N–H and O–H groups in total. The third kappa shape index (κ3) is 2.66. The van der Waals surface area contributed by atoms with E-state index in [1.54, 1.807) is 13.0 Å². The van der Waals surface area contributed by atoms with Gasteiger partial charge in [0.2, 0.25) is 5.91 Å². The Hall–Kier alpha value is -2.24. The van der Waals surface area contributed by atoms with Crippen molar-refractivity contribution < 1.29 is 14.5 Å². The fourth-order valence-corrected chi connectivity index (χ4v) is 1.30. The predicted octanol–water partition coefficient (Wildman–Crippen LogP) is 1.52. The zero-order chi connectivity index (χ0) is 13.2. The van der Waals surface area contributed by atoms with E-state index >= 15 is 0 Å². The number of nitro groups is 1. The summed E-state index contributed by atoms with van der Waals surface area (Å²) in [5, 5.41) is 10.8. The van der Waals surface area contributed by atoms with E-state index in [4.69, 9.17) is 0 Å². The van der Waals surface area contributed by atoms with Gasteiger partial charge in [-0.25, -0.2) is 0 Å². The molecule has 6 nitrogen and oxygen atoms in total. The topological polar surface area (TPSA) is 80.5 Å². The minimum atomic E-state index is -0.673. The van der Waals surface area contributed by atoms with Crippen LogP contribution in [0.15, 0.2) is 18.2 Å². The smallest absolute Gasteiger partial charge is 0.282 e. The zero-order valence-corrected chi connectivity index (χ0v) is 9.76. The summed E-state index contributed by atoms with van der Waals surface area (Å²) < 4.78 is 0. The largest absolute Gasteiger partial charge is 0.282 e. The lowest BCUT2D eigenvalue weighted by molar-refractivity contribution is -0.385. The summed E-state index contributed by atoms with van der Waals surface area (Å²) >= 11 is 0. The highest BCUT2D eigenvalue weighted by Gasteiger charge is 2.24. The molecule has 0 atom stereocenters. The molecule has 0 saturated carbocycles. The van der Waals surface area contributed by atoms with Crippen LogP contribution in [0.4, 0.5) is 5.69 Å².